The number of nitrogens with zero attached hydrogens (tertiary/aromatic N) is 2. The van der Waals surface area contributed by atoms with Crippen molar-refractivity contribution in [3.05, 3.63) is 29.8 Å². The summed E-state index contributed by atoms with van der Waals surface area (Å²) in [7, 11) is -11.4. The molecule has 1 aromatic rings. The minimum atomic E-state index is -5.69. The fourth-order valence-corrected chi connectivity index (χ4v) is 6.81. The normalized spacial score (nSPS) is 13.7. The van der Waals surface area contributed by atoms with E-state index in [1.54, 1.807) is 12.1 Å². The third-order valence-corrected chi connectivity index (χ3v) is 10.9. The molecule has 0 spiro atoms. The van der Waals surface area contributed by atoms with Gasteiger partial charge in [-0.3, -0.25) is 23.5 Å². The Morgan fingerprint density at radius 2 is 1.50 bits per heavy atom. The number of hydrogen-bond acceptors (Lipinski definition) is 10. The van der Waals surface area contributed by atoms with Gasteiger partial charge in [-0.2, -0.15) is 0 Å². The number of carbonyl (C=O) groups excluding carboxylic acids is 4. The first kappa shape index (κ1) is 43.7. The monoisotopic (exact) mass is 763 g/mol. The van der Waals surface area contributed by atoms with Crippen LogP contribution in [0.25, 0.3) is 0 Å². The molecule has 0 aromatic heterocycles. The SMILES string of the molecule is C[C@H](NC(=O)[C@@H](N)Cc1ccc(N(CCCl)CCCl)cc1)C(=O)N(CC(=O)NCCCC(O)(P(=O)(O)O)P(=O)(O)O)C(=O)OC(C)(C)C. The van der Waals surface area contributed by atoms with Gasteiger partial charge in [0.2, 0.25) is 11.8 Å². The topological polar surface area (TPSA) is 269 Å². The van der Waals surface area contributed by atoms with E-state index in [1.807, 2.05) is 17.0 Å². The van der Waals surface area contributed by atoms with Gasteiger partial charge in [-0.05, 0) is 58.2 Å². The fourth-order valence-electron chi connectivity index (χ4n) is 4.14. The minimum absolute atomic E-state index is 0.107. The molecule has 4 amide bonds. The second kappa shape index (κ2) is 18.6. The van der Waals surface area contributed by atoms with Gasteiger partial charge in [0.25, 0.3) is 11.0 Å². The highest BCUT2D eigenvalue weighted by Crippen LogP contribution is 2.69. The number of ether oxygens (including phenoxy) is 1. The molecule has 0 fully saturated rings. The van der Waals surface area contributed by atoms with Gasteiger partial charge in [0.15, 0.2) is 0 Å². The molecule has 0 aliphatic heterocycles. The number of anilines is 1. The van der Waals surface area contributed by atoms with Crippen molar-refractivity contribution in [1.82, 2.24) is 15.5 Å². The molecule has 0 bridgehead atoms. The Morgan fingerprint density at radius 3 is 1.96 bits per heavy atom. The van der Waals surface area contributed by atoms with E-state index < -0.39 is 87.7 Å². The predicted molar refractivity (Wildman–Crippen MR) is 179 cm³/mol. The Hall–Kier alpha value is -2.30. The Morgan fingerprint density at radius 1 is 0.979 bits per heavy atom. The molecule has 0 saturated heterocycles. The van der Waals surface area contributed by atoms with Crippen LogP contribution in [0.2, 0.25) is 0 Å². The Balaban J connectivity index is 2.93. The van der Waals surface area contributed by atoms with Gasteiger partial charge in [0.1, 0.15) is 18.2 Å². The number of imide groups is 1. The summed E-state index contributed by atoms with van der Waals surface area (Å²) in [5, 5.41) is 10.9. The maximum Gasteiger partial charge on any atom is 0.417 e. The molecule has 0 saturated carbocycles. The number of rotatable bonds is 18. The van der Waals surface area contributed by atoms with E-state index in [2.05, 4.69) is 10.6 Å². The smallest absolute Gasteiger partial charge is 0.417 e. The first-order valence-corrected chi connectivity index (χ1v) is 18.9. The highest BCUT2D eigenvalue weighted by atomic mass is 35.5. The van der Waals surface area contributed by atoms with Crippen LogP contribution < -0.4 is 21.3 Å². The molecule has 1 aromatic carbocycles. The zero-order valence-electron chi connectivity index (χ0n) is 27.0. The molecule has 9 N–H and O–H groups in total. The molecule has 1 rings (SSSR count). The van der Waals surface area contributed by atoms with E-state index in [-0.39, 0.29) is 6.42 Å². The van der Waals surface area contributed by atoms with Gasteiger partial charge in [0.05, 0.1) is 6.04 Å². The summed E-state index contributed by atoms with van der Waals surface area (Å²) in [4.78, 5) is 91.0. The van der Waals surface area contributed by atoms with Crippen molar-refractivity contribution in [3.63, 3.8) is 0 Å². The lowest BCUT2D eigenvalue weighted by Gasteiger charge is -2.29. The van der Waals surface area contributed by atoms with Crippen molar-refractivity contribution < 1.29 is 57.7 Å². The molecule has 0 aliphatic carbocycles. The number of amides is 4. The van der Waals surface area contributed by atoms with Gasteiger partial charge >= 0.3 is 21.3 Å². The molecule has 0 aliphatic rings. The summed E-state index contributed by atoms with van der Waals surface area (Å²) in [5.74, 6) is -1.90. The van der Waals surface area contributed by atoms with Crippen LogP contribution in [0.1, 0.15) is 46.1 Å². The number of halogens is 2. The second-order valence-corrected chi connectivity index (χ2v) is 16.6. The summed E-state index contributed by atoms with van der Waals surface area (Å²) >= 11 is 11.7. The molecular weight excluding hydrogens is 719 g/mol. The summed E-state index contributed by atoms with van der Waals surface area (Å²) in [6.07, 6.45) is -2.71. The van der Waals surface area contributed by atoms with Gasteiger partial charge < -0.3 is 50.7 Å². The molecule has 0 unspecified atom stereocenters. The van der Waals surface area contributed by atoms with Crippen molar-refractivity contribution in [2.24, 2.45) is 5.73 Å². The number of hydrogen-bond donors (Lipinski definition) is 8. The predicted octanol–water partition coefficient (Wildman–Crippen LogP) is 1.01. The van der Waals surface area contributed by atoms with Gasteiger partial charge in [-0.25, -0.2) is 9.69 Å². The molecular formula is C27H45Cl2N5O12P2. The summed E-state index contributed by atoms with van der Waals surface area (Å²) in [6, 6.07) is 4.80. The molecule has 2 atom stereocenters. The molecule has 21 heteroatoms. The Kier molecular flexibility index (Phi) is 17.0. The van der Waals surface area contributed by atoms with E-state index in [4.69, 9.17) is 33.7 Å². The quantitative estimate of drug-likeness (QED) is 0.0589. The number of alkyl halides is 2. The summed E-state index contributed by atoms with van der Waals surface area (Å²) in [6.45, 7) is 5.61. The van der Waals surface area contributed by atoms with Gasteiger partial charge in [-0.15, -0.1) is 23.2 Å². The van der Waals surface area contributed by atoms with E-state index in [9.17, 15) is 53.0 Å². The maximum absolute atomic E-state index is 13.3. The average Bonchev–Trinajstić information content (AvgIpc) is 2.95. The standard InChI is InChI=1S/C27H45Cl2N5O12P2/c1-18(32-23(36)21(30)16-19-6-8-20(9-7-19)33(14-11-28)15-12-29)24(37)34(25(38)46-26(2,3)4)17-22(35)31-13-5-10-27(39,47(40,41)42)48(43,44)45/h6-9,18,21,39H,5,10-17,30H2,1-4H3,(H,31,35)(H,32,36)(H2,40,41,42)(H2,43,44,45)/t18-,21-/m0/s1. The van der Waals surface area contributed by atoms with Crippen LogP contribution in [0, 0.1) is 0 Å². The van der Waals surface area contributed by atoms with Crippen LogP contribution in [-0.4, -0.2) is 114 Å². The zero-order chi connectivity index (χ0) is 37.1. The lowest BCUT2D eigenvalue weighted by molar-refractivity contribution is -0.138. The van der Waals surface area contributed by atoms with Gasteiger partial charge in [-0.1, -0.05) is 12.1 Å². The van der Waals surface area contributed by atoms with Crippen LogP contribution >= 0.6 is 38.4 Å². The molecule has 0 heterocycles. The molecule has 0 radical (unpaired) electrons. The Labute approximate surface area is 288 Å². The summed E-state index contributed by atoms with van der Waals surface area (Å²) in [5.41, 5.74) is 6.61. The first-order chi connectivity index (χ1) is 22.0. The average molecular weight is 765 g/mol. The van der Waals surface area contributed by atoms with Gasteiger partial charge in [0, 0.05) is 43.5 Å². The van der Waals surface area contributed by atoms with Crippen LogP contribution in [0.3, 0.4) is 0 Å². The molecule has 48 heavy (non-hydrogen) atoms. The fraction of sp³-hybridized carbons (Fsp3) is 0.630. The molecule has 274 valence electrons. The van der Waals surface area contributed by atoms with Crippen LogP contribution in [0.5, 0.6) is 0 Å². The third-order valence-electron chi connectivity index (χ3n) is 6.66. The summed E-state index contributed by atoms with van der Waals surface area (Å²) < 4.78 is 28.2. The van der Waals surface area contributed by atoms with E-state index in [1.165, 1.54) is 27.7 Å². The molecule has 17 nitrogen and oxygen atoms in total. The third kappa shape index (κ3) is 13.5. The highest BCUT2D eigenvalue weighted by Gasteiger charge is 2.58. The Bertz CT molecular complexity index is 1330. The van der Waals surface area contributed by atoms with Crippen LogP contribution in [0.4, 0.5) is 10.5 Å². The lowest BCUT2D eigenvalue weighted by atomic mass is 10.0. The van der Waals surface area contributed by atoms with E-state index >= 15 is 0 Å². The van der Waals surface area contributed by atoms with Crippen molar-refractivity contribution in [2.75, 3.05) is 42.8 Å². The second-order valence-electron chi connectivity index (χ2n) is 11.8. The minimum Gasteiger partial charge on any atom is -0.443 e. The van der Waals surface area contributed by atoms with Crippen molar-refractivity contribution in [2.45, 2.75) is 69.7 Å². The van der Waals surface area contributed by atoms with E-state index in [0.29, 0.717) is 29.7 Å². The van der Waals surface area contributed by atoms with E-state index in [0.717, 1.165) is 11.3 Å². The largest absolute Gasteiger partial charge is 0.443 e. The van der Waals surface area contributed by atoms with Crippen molar-refractivity contribution >= 4 is 67.9 Å². The van der Waals surface area contributed by atoms with Crippen molar-refractivity contribution in [3.8, 4) is 0 Å². The van der Waals surface area contributed by atoms with Crippen LogP contribution in [0.15, 0.2) is 24.3 Å². The van der Waals surface area contributed by atoms with Crippen LogP contribution in [-0.2, 0) is 34.7 Å². The number of aliphatic hydroxyl groups is 1. The number of nitrogens with one attached hydrogen (secondary N) is 2. The van der Waals surface area contributed by atoms with Crippen molar-refractivity contribution in [1.29, 1.82) is 0 Å². The highest BCUT2D eigenvalue weighted by molar-refractivity contribution is 7.72. The maximum atomic E-state index is 13.3. The number of benzene rings is 1. The first-order valence-electron chi connectivity index (χ1n) is 14.6. The number of carbonyl (C=O) groups is 4. The lowest BCUT2D eigenvalue weighted by Crippen LogP contribution is -2.55. The zero-order valence-corrected chi connectivity index (χ0v) is 30.3. The number of nitrogens with two attached hydrogens (primary N) is 1.